The fourth-order valence-electron chi connectivity index (χ4n) is 3.81. The van der Waals surface area contributed by atoms with E-state index in [0.29, 0.717) is 33.0 Å². The van der Waals surface area contributed by atoms with E-state index in [-0.39, 0.29) is 23.5 Å². The highest BCUT2D eigenvalue weighted by Gasteiger charge is 2.34. The van der Waals surface area contributed by atoms with E-state index in [1.54, 1.807) is 32.0 Å². The first kappa shape index (κ1) is 24.6. The Morgan fingerprint density at radius 3 is 2.63 bits per heavy atom. The summed E-state index contributed by atoms with van der Waals surface area (Å²) in [5, 5.41) is 1.94. The predicted octanol–water partition coefficient (Wildman–Crippen LogP) is 3.18. The molecule has 0 unspecified atom stereocenters. The van der Waals surface area contributed by atoms with Crippen LogP contribution in [-0.2, 0) is 14.3 Å². The van der Waals surface area contributed by atoms with Gasteiger partial charge in [-0.2, -0.15) is 0 Å². The van der Waals surface area contributed by atoms with Crippen LogP contribution in [0.2, 0.25) is 0 Å². The molecule has 0 bridgehead atoms. The van der Waals surface area contributed by atoms with Gasteiger partial charge < -0.3 is 14.2 Å². The number of carbonyl (C=O) groups excluding carboxylic acids is 2. The first-order valence-electron chi connectivity index (χ1n) is 11.0. The number of thiophene rings is 1. The Kier molecular flexibility index (Phi) is 7.32. The molecule has 4 rings (SSSR count). The summed E-state index contributed by atoms with van der Waals surface area (Å²) in [6, 6.07) is 8.04. The van der Waals surface area contributed by atoms with Crippen molar-refractivity contribution in [3.05, 3.63) is 77.1 Å². The molecule has 35 heavy (non-hydrogen) atoms. The second-order valence-corrected chi connectivity index (χ2v) is 9.54. The fraction of sp³-hybridized carbons (Fsp3) is 0.280. The molecule has 182 valence electrons. The summed E-state index contributed by atoms with van der Waals surface area (Å²) in [6.45, 7) is 7.08. The van der Waals surface area contributed by atoms with E-state index < -0.39 is 18.0 Å². The first-order valence-corrected chi connectivity index (χ1v) is 12.7. The summed E-state index contributed by atoms with van der Waals surface area (Å²) >= 11 is 2.79. The molecule has 1 aliphatic rings. The molecule has 8 nitrogen and oxygen atoms in total. The number of nitrogens with zero attached hydrogens (tertiary/aromatic N) is 2. The molecule has 3 heterocycles. The van der Waals surface area contributed by atoms with Gasteiger partial charge in [-0.1, -0.05) is 23.5 Å². The van der Waals surface area contributed by atoms with Crippen molar-refractivity contribution < 1.29 is 23.8 Å². The molecule has 0 radical (unpaired) electrons. The zero-order valence-electron chi connectivity index (χ0n) is 19.7. The van der Waals surface area contributed by atoms with E-state index in [1.807, 2.05) is 30.5 Å². The molecule has 0 saturated heterocycles. The number of esters is 2. The number of hydrogen-bond acceptors (Lipinski definition) is 9. The smallest absolute Gasteiger partial charge is 0.338 e. The topological polar surface area (TPSA) is 96.2 Å². The molecular formula is C25H24N2O6S2. The highest BCUT2D eigenvalue weighted by Crippen LogP contribution is 2.36. The van der Waals surface area contributed by atoms with Crippen molar-refractivity contribution in [1.82, 2.24) is 4.57 Å². The van der Waals surface area contributed by atoms with Crippen LogP contribution >= 0.6 is 22.7 Å². The van der Waals surface area contributed by atoms with Crippen molar-refractivity contribution in [2.75, 3.05) is 13.2 Å². The second kappa shape index (κ2) is 10.4. The summed E-state index contributed by atoms with van der Waals surface area (Å²) in [7, 11) is 0. The molecule has 1 aliphatic heterocycles. The average Bonchev–Trinajstić information content (AvgIpc) is 3.42. The third-order valence-corrected chi connectivity index (χ3v) is 6.97. The SMILES string of the molecule is CCOC(=O)C1=C(C)N=c2s/c(=C\c3cccs3)c(=O)n2[C@@H]1c1ccc(OC(C)=O)c(OCC)c1. The molecule has 3 aromatic rings. The molecule has 0 spiro atoms. The summed E-state index contributed by atoms with van der Waals surface area (Å²) in [5.74, 6) is -0.443. The van der Waals surface area contributed by atoms with Crippen LogP contribution < -0.4 is 24.4 Å². The van der Waals surface area contributed by atoms with Gasteiger partial charge in [-0.05, 0) is 56.0 Å². The number of aromatic nitrogens is 1. The van der Waals surface area contributed by atoms with Crippen LogP contribution in [0.3, 0.4) is 0 Å². The van der Waals surface area contributed by atoms with Crippen LogP contribution in [0.25, 0.3) is 6.08 Å². The highest BCUT2D eigenvalue weighted by atomic mass is 32.1. The molecule has 0 saturated carbocycles. The summed E-state index contributed by atoms with van der Waals surface area (Å²) in [4.78, 5) is 44.2. The van der Waals surface area contributed by atoms with Gasteiger partial charge in [0.2, 0.25) is 0 Å². The molecule has 10 heteroatoms. The normalized spacial score (nSPS) is 15.4. The number of thiazole rings is 1. The molecule has 0 fully saturated rings. The lowest BCUT2D eigenvalue weighted by Gasteiger charge is -2.25. The minimum Gasteiger partial charge on any atom is -0.490 e. The van der Waals surface area contributed by atoms with Gasteiger partial charge in [-0.25, -0.2) is 9.79 Å². The van der Waals surface area contributed by atoms with Crippen molar-refractivity contribution in [2.24, 2.45) is 4.99 Å². The quantitative estimate of drug-likeness (QED) is 0.356. The molecule has 0 amide bonds. The molecule has 0 aliphatic carbocycles. The number of fused-ring (bicyclic) bond motifs is 1. The fourth-order valence-corrected chi connectivity index (χ4v) is 5.58. The third kappa shape index (κ3) is 4.98. The van der Waals surface area contributed by atoms with E-state index in [9.17, 15) is 14.4 Å². The van der Waals surface area contributed by atoms with Gasteiger partial charge in [-0.15, -0.1) is 11.3 Å². The van der Waals surface area contributed by atoms with E-state index in [2.05, 4.69) is 4.99 Å². The van der Waals surface area contributed by atoms with E-state index in [4.69, 9.17) is 14.2 Å². The Hall–Kier alpha value is -3.50. The molecule has 2 aromatic heterocycles. The van der Waals surface area contributed by atoms with Gasteiger partial charge in [0.1, 0.15) is 0 Å². The maximum atomic E-state index is 13.6. The maximum absolute atomic E-state index is 13.6. The number of rotatable bonds is 7. The molecule has 1 atom stereocenters. The Balaban J connectivity index is 1.95. The zero-order chi connectivity index (χ0) is 25.1. The van der Waals surface area contributed by atoms with Crippen molar-refractivity contribution in [3.63, 3.8) is 0 Å². The second-order valence-electron chi connectivity index (χ2n) is 7.55. The van der Waals surface area contributed by atoms with Crippen molar-refractivity contribution in [1.29, 1.82) is 0 Å². The summed E-state index contributed by atoms with van der Waals surface area (Å²) in [6.07, 6.45) is 1.82. The standard InChI is InChI=1S/C25H24N2O6S2/c1-5-31-19-12-16(9-10-18(19)33-15(4)28)22-21(24(30)32-6-2)14(3)26-25-27(22)23(29)20(35-25)13-17-8-7-11-34-17/h7-13,22H,5-6H2,1-4H3/b20-13-/t22-/m1/s1. The number of carbonyl (C=O) groups is 2. The molecule has 0 N–H and O–H groups in total. The van der Waals surface area contributed by atoms with Crippen LogP contribution in [0.15, 0.2) is 56.8 Å². The zero-order valence-corrected chi connectivity index (χ0v) is 21.3. The van der Waals surface area contributed by atoms with Crippen LogP contribution in [0.1, 0.15) is 44.2 Å². The first-order chi connectivity index (χ1) is 16.8. The largest absolute Gasteiger partial charge is 0.490 e. The van der Waals surface area contributed by atoms with Crippen molar-refractivity contribution in [2.45, 2.75) is 33.7 Å². The molecule has 1 aromatic carbocycles. The minimum absolute atomic E-state index is 0.181. The van der Waals surface area contributed by atoms with Gasteiger partial charge >= 0.3 is 11.9 Å². The number of hydrogen-bond donors (Lipinski definition) is 0. The van der Waals surface area contributed by atoms with Gasteiger partial charge in [0.15, 0.2) is 16.3 Å². The summed E-state index contributed by atoms with van der Waals surface area (Å²) < 4.78 is 18.3. The van der Waals surface area contributed by atoms with Gasteiger partial charge in [-0.3, -0.25) is 14.2 Å². The number of allylic oxidation sites excluding steroid dienone is 1. The Morgan fingerprint density at radius 1 is 1.17 bits per heavy atom. The lowest BCUT2D eigenvalue weighted by molar-refractivity contribution is -0.139. The Labute approximate surface area is 209 Å². The maximum Gasteiger partial charge on any atom is 0.338 e. The van der Waals surface area contributed by atoms with Crippen molar-refractivity contribution in [3.8, 4) is 11.5 Å². The van der Waals surface area contributed by atoms with Crippen LogP contribution in [-0.4, -0.2) is 29.7 Å². The van der Waals surface area contributed by atoms with Crippen LogP contribution in [0, 0.1) is 0 Å². The lowest BCUT2D eigenvalue weighted by Crippen LogP contribution is -2.39. The van der Waals surface area contributed by atoms with Crippen LogP contribution in [0.4, 0.5) is 0 Å². The van der Waals surface area contributed by atoms with E-state index >= 15 is 0 Å². The van der Waals surface area contributed by atoms with E-state index in [0.717, 1.165) is 4.88 Å². The van der Waals surface area contributed by atoms with Crippen molar-refractivity contribution >= 4 is 40.7 Å². The Morgan fingerprint density at radius 2 is 1.97 bits per heavy atom. The minimum atomic E-state index is -0.790. The van der Waals surface area contributed by atoms with Gasteiger partial charge in [0.25, 0.3) is 5.56 Å². The number of benzene rings is 1. The van der Waals surface area contributed by atoms with Gasteiger partial charge in [0.05, 0.1) is 35.1 Å². The predicted molar refractivity (Wildman–Crippen MR) is 134 cm³/mol. The third-order valence-electron chi connectivity index (χ3n) is 5.17. The monoisotopic (exact) mass is 512 g/mol. The summed E-state index contributed by atoms with van der Waals surface area (Å²) in [5.41, 5.74) is 1.08. The Bertz CT molecular complexity index is 1480. The molecular weight excluding hydrogens is 488 g/mol. The number of ether oxygens (including phenoxy) is 3. The lowest BCUT2D eigenvalue weighted by atomic mass is 9.95. The van der Waals surface area contributed by atoms with E-state index in [1.165, 1.54) is 34.2 Å². The highest BCUT2D eigenvalue weighted by molar-refractivity contribution is 7.11. The average molecular weight is 513 g/mol. The van der Waals surface area contributed by atoms with Crippen LogP contribution in [0.5, 0.6) is 11.5 Å². The van der Waals surface area contributed by atoms with Gasteiger partial charge in [0, 0.05) is 11.8 Å².